The number of hydrogen-bond donors (Lipinski definition) is 1. The molecule has 0 fully saturated rings. The minimum absolute atomic E-state index is 0.118. The van der Waals surface area contributed by atoms with Crippen molar-refractivity contribution in [2.75, 3.05) is 0 Å². The second-order valence-electron chi connectivity index (χ2n) is 7.98. The lowest BCUT2D eigenvalue weighted by atomic mass is 10.2. The third-order valence-corrected chi connectivity index (χ3v) is 5.83. The zero-order chi connectivity index (χ0) is 24.1. The van der Waals surface area contributed by atoms with Crippen molar-refractivity contribution in [2.24, 2.45) is 0 Å². The van der Waals surface area contributed by atoms with Crippen molar-refractivity contribution in [2.45, 2.75) is 32.5 Å². The molecule has 8 heteroatoms. The summed E-state index contributed by atoms with van der Waals surface area (Å²) in [5, 5.41) is 3.81. The Morgan fingerprint density at radius 3 is 2.29 bits per heavy atom. The van der Waals surface area contributed by atoms with Crippen LogP contribution in [0.1, 0.15) is 24.0 Å². The van der Waals surface area contributed by atoms with Gasteiger partial charge in [0, 0.05) is 24.5 Å². The largest absolute Gasteiger partial charge is 0.352 e. The van der Waals surface area contributed by atoms with Crippen molar-refractivity contribution in [3.63, 3.8) is 0 Å². The van der Waals surface area contributed by atoms with Gasteiger partial charge in [-0.15, -0.1) is 0 Å². The number of carbonyl (C=O) groups excluding carboxylic acids is 1. The Morgan fingerprint density at radius 2 is 1.56 bits per heavy atom. The third kappa shape index (κ3) is 5.43. The molecule has 0 aliphatic carbocycles. The molecular formula is C26H23ClFN3O3. The van der Waals surface area contributed by atoms with Gasteiger partial charge < -0.3 is 5.32 Å². The van der Waals surface area contributed by atoms with Crippen LogP contribution in [-0.4, -0.2) is 15.0 Å². The van der Waals surface area contributed by atoms with Crippen LogP contribution in [0.3, 0.4) is 0 Å². The second kappa shape index (κ2) is 10.5. The predicted molar refractivity (Wildman–Crippen MR) is 131 cm³/mol. The lowest BCUT2D eigenvalue weighted by Crippen LogP contribution is -2.40. The Bertz CT molecular complexity index is 1430. The van der Waals surface area contributed by atoms with Crippen molar-refractivity contribution in [3.8, 4) is 0 Å². The molecule has 1 aromatic heterocycles. The monoisotopic (exact) mass is 479 g/mol. The molecule has 0 bridgehead atoms. The Kier molecular flexibility index (Phi) is 7.23. The quantitative estimate of drug-likeness (QED) is 0.413. The van der Waals surface area contributed by atoms with E-state index in [0.717, 1.165) is 11.1 Å². The fourth-order valence-electron chi connectivity index (χ4n) is 3.78. The zero-order valence-electron chi connectivity index (χ0n) is 18.3. The summed E-state index contributed by atoms with van der Waals surface area (Å²) in [6.07, 6.45) is 0.473. The minimum atomic E-state index is -0.426. The molecule has 6 nitrogen and oxygen atoms in total. The summed E-state index contributed by atoms with van der Waals surface area (Å²) in [6.45, 7) is 0.685. The molecule has 174 valence electrons. The third-order valence-electron chi connectivity index (χ3n) is 5.57. The molecule has 3 aromatic carbocycles. The van der Waals surface area contributed by atoms with Gasteiger partial charge in [-0.1, -0.05) is 48.0 Å². The summed E-state index contributed by atoms with van der Waals surface area (Å²) in [5.41, 5.74) is 1.42. The van der Waals surface area contributed by atoms with Crippen LogP contribution in [0.5, 0.6) is 0 Å². The second-order valence-corrected chi connectivity index (χ2v) is 8.41. The standard InChI is InChI=1S/C26H23ClFN3O3/c27-20-11-7-19(8-12-20)17-31-23-5-2-1-4-22(23)25(33)30(26(31)34)15-3-6-24(32)29-16-18-9-13-21(28)14-10-18/h1-2,4-5,7-14H,3,6,15-17H2,(H,29,32). The molecule has 0 unspecified atom stereocenters. The first-order valence-electron chi connectivity index (χ1n) is 10.9. The fourth-order valence-corrected chi connectivity index (χ4v) is 3.91. The van der Waals surface area contributed by atoms with Crippen molar-refractivity contribution < 1.29 is 9.18 Å². The van der Waals surface area contributed by atoms with E-state index in [0.29, 0.717) is 22.3 Å². The minimum Gasteiger partial charge on any atom is -0.352 e. The van der Waals surface area contributed by atoms with Crippen LogP contribution in [0, 0.1) is 5.82 Å². The molecule has 0 saturated heterocycles. The Labute approximate surface area is 200 Å². The highest BCUT2D eigenvalue weighted by atomic mass is 35.5. The maximum atomic E-state index is 13.3. The van der Waals surface area contributed by atoms with E-state index in [-0.39, 0.29) is 43.3 Å². The average molecular weight is 480 g/mol. The molecule has 0 aliphatic rings. The molecular weight excluding hydrogens is 457 g/mol. The number of nitrogens with one attached hydrogen (secondary N) is 1. The van der Waals surface area contributed by atoms with Crippen LogP contribution < -0.4 is 16.6 Å². The summed E-state index contributed by atoms with van der Waals surface area (Å²) in [7, 11) is 0. The molecule has 0 aliphatic heterocycles. The van der Waals surface area contributed by atoms with E-state index in [4.69, 9.17) is 11.6 Å². The molecule has 0 radical (unpaired) electrons. The van der Waals surface area contributed by atoms with Gasteiger partial charge in [0.1, 0.15) is 5.82 Å². The van der Waals surface area contributed by atoms with E-state index >= 15 is 0 Å². The summed E-state index contributed by atoms with van der Waals surface area (Å²) in [5.74, 6) is -0.544. The molecule has 4 rings (SSSR count). The van der Waals surface area contributed by atoms with Crippen LogP contribution in [0.4, 0.5) is 4.39 Å². The number of nitrogens with zero attached hydrogens (tertiary/aromatic N) is 2. The molecule has 0 spiro atoms. The van der Waals surface area contributed by atoms with Gasteiger partial charge in [0.2, 0.25) is 5.91 Å². The number of amides is 1. The van der Waals surface area contributed by atoms with E-state index in [1.807, 2.05) is 12.1 Å². The molecule has 0 atom stereocenters. The molecule has 1 heterocycles. The summed E-state index contributed by atoms with van der Waals surface area (Å²) >= 11 is 5.97. The number of para-hydroxylation sites is 1. The van der Waals surface area contributed by atoms with Crippen molar-refractivity contribution in [3.05, 3.63) is 116 Å². The highest BCUT2D eigenvalue weighted by Gasteiger charge is 2.14. The van der Waals surface area contributed by atoms with E-state index in [1.165, 1.54) is 16.7 Å². The van der Waals surface area contributed by atoms with Gasteiger partial charge in [-0.05, 0) is 53.9 Å². The topological polar surface area (TPSA) is 73.1 Å². The van der Waals surface area contributed by atoms with Crippen molar-refractivity contribution >= 4 is 28.4 Å². The summed E-state index contributed by atoms with van der Waals surface area (Å²) < 4.78 is 15.7. The first-order valence-corrected chi connectivity index (χ1v) is 11.3. The number of rotatable bonds is 8. The number of halogens is 2. The van der Waals surface area contributed by atoms with Gasteiger partial charge >= 0.3 is 5.69 Å². The maximum Gasteiger partial charge on any atom is 0.331 e. The van der Waals surface area contributed by atoms with Gasteiger partial charge in [0.05, 0.1) is 17.4 Å². The van der Waals surface area contributed by atoms with E-state index in [2.05, 4.69) is 5.32 Å². The van der Waals surface area contributed by atoms with Crippen LogP contribution >= 0.6 is 11.6 Å². The smallest absolute Gasteiger partial charge is 0.331 e. The van der Waals surface area contributed by atoms with E-state index in [9.17, 15) is 18.8 Å². The SMILES string of the molecule is O=C(CCCn1c(=O)c2ccccc2n(Cc2ccc(Cl)cc2)c1=O)NCc1ccc(F)cc1. The van der Waals surface area contributed by atoms with Crippen LogP contribution in [0.15, 0.2) is 82.4 Å². The van der Waals surface area contributed by atoms with Crippen molar-refractivity contribution in [1.82, 2.24) is 14.5 Å². The van der Waals surface area contributed by atoms with Crippen LogP contribution in [0.25, 0.3) is 10.9 Å². The van der Waals surface area contributed by atoms with Gasteiger partial charge in [0.25, 0.3) is 5.56 Å². The number of carbonyl (C=O) groups is 1. The zero-order valence-corrected chi connectivity index (χ0v) is 19.1. The lowest BCUT2D eigenvalue weighted by molar-refractivity contribution is -0.121. The Morgan fingerprint density at radius 1 is 0.882 bits per heavy atom. The highest BCUT2D eigenvalue weighted by molar-refractivity contribution is 6.30. The number of fused-ring (bicyclic) bond motifs is 1. The first-order chi connectivity index (χ1) is 16.4. The average Bonchev–Trinajstić information content (AvgIpc) is 2.84. The number of aromatic nitrogens is 2. The van der Waals surface area contributed by atoms with Gasteiger partial charge in [-0.2, -0.15) is 0 Å². The Hall–Kier alpha value is -3.71. The molecule has 34 heavy (non-hydrogen) atoms. The highest BCUT2D eigenvalue weighted by Crippen LogP contribution is 2.13. The van der Waals surface area contributed by atoms with Crippen LogP contribution in [0.2, 0.25) is 5.02 Å². The van der Waals surface area contributed by atoms with E-state index < -0.39 is 5.69 Å². The predicted octanol–water partition coefficient (Wildman–Crippen LogP) is 4.10. The lowest BCUT2D eigenvalue weighted by Gasteiger charge is -2.14. The maximum absolute atomic E-state index is 13.3. The van der Waals surface area contributed by atoms with Crippen molar-refractivity contribution in [1.29, 1.82) is 0 Å². The van der Waals surface area contributed by atoms with Gasteiger partial charge in [-0.25, -0.2) is 9.18 Å². The van der Waals surface area contributed by atoms with E-state index in [1.54, 1.807) is 53.1 Å². The molecule has 0 saturated carbocycles. The molecule has 1 N–H and O–H groups in total. The summed E-state index contributed by atoms with van der Waals surface area (Å²) in [4.78, 5) is 38.5. The molecule has 4 aromatic rings. The normalized spacial score (nSPS) is 11.0. The number of benzene rings is 3. The first kappa shape index (κ1) is 23.4. The fraction of sp³-hybridized carbons (Fsp3) is 0.192. The number of hydrogen-bond acceptors (Lipinski definition) is 3. The van der Waals surface area contributed by atoms with Crippen LogP contribution in [-0.2, 0) is 24.4 Å². The van der Waals surface area contributed by atoms with Gasteiger partial charge in [0.15, 0.2) is 0 Å². The summed E-state index contributed by atoms with van der Waals surface area (Å²) in [6, 6.07) is 20.1. The van der Waals surface area contributed by atoms with Gasteiger partial charge in [-0.3, -0.25) is 18.7 Å². The Balaban J connectivity index is 1.50. The molecule has 1 amide bonds.